The number of aliphatic hydroxyl groups is 1. The van der Waals surface area contributed by atoms with Crippen LogP contribution in [0.1, 0.15) is 24.3 Å². The predicted octanol–water partition coefficient (Wildman–Crippen LogP) is 2.90. The van der Waals surface area contributed by atoms with E-state index in [1.807, 2.05) is 31.3 Å². The van der Waals surface area contributed by atoms with Crippen LogP contribution in [0, 0.1) is 0 Å². The second-order valence-corrected chi connectivity index (χ2v) is 7.06. The molecule has 160 valence electrons. The van der Waals surface area contributed by atoms with Crippen LogP contribution in [0.5, 0.6) is 5.75 Å². The molecule has 1 aromatic carbocycles. The Morgan fingerprint density at radius 1 is 1.28 bits per heavy atom. The number of thiazole rings is 1. The standard InChI is InChI=1S/C18H24F3N5O2S/c1-4-22-16(23-9-13-11-29-17(25-13)26(2)3)24-10-15(27)12-5-7-14(8-6-12)28-18(19,20)21/h5-8,11,15,27H,4,9-10H2,1-3H3,(H2,22,23,24). The molecule has 0 aliphatic rings. The number of hydrogen-bond acceptors (Lipinski definition) is 6. The Kier molecular flexibility index (Phi) is 8.09. The van der Waals surface area contributed by atoms with Crippen molar-refractivity contribution in [3.05, 3.63) is 40.9 Å². The number of nitrogens with zero attached hydrogens (tertiary/aromatic N) is 3. The zero-order chi connectivity index (χ0) is 21.4. The maximum absolute atomic E-state index is 12.2. The fourth-order valence-electron chi connectivity index (χ4n) is 2.28. The first-order valence-electron chi connectivity index (χ1n) is 8.85. The van der Waals surface area contributed by atoms with Gasteiger partial charge >= 0.3 is 6.36 Å². The van der Waals surface area contributed by atoms with Gasteiger partial charge in [0.05, 0.1) is 18.3 Å². The molecule has 0 saturated carbocycles. The monoisotopic (exact) mass is 431 g/mol. The highest BCUT2D eigenvalue weighted by atomic mass is 32.1. The Morgan fingerprint density at radius 2 is 1.97 bits per heavy atom. The second-order valence-electron chi connectivity index (χ2n) is 6.22. The molecular formula is C18H24F3N5O2S. The summed E-state index contributed by atoms with van der Waals surface area (Å²) in [6.07, 6.45) is -5.68. The molecule has 0 aliphatic carbocycles. The van der Waals surface area contributed by atoms with Crippen molar-refractivity contribution < 1.29 is 23.0 Å². The Hall–Kier alpha value is -2.53. The van der Waals surface area contributed by atoms with Crippen LogP contribution in [0.4, 0.5) is 18.3 Å². The fourth-order valence-corrected chi connectivity index (χ4v) is 3.03. The smallest absolute Gasteiger partial charge is 0.406 e. The van der Waals surface area contributed by atoms with Crippen molar-refractivity contribution >= 4 is 22.4 Å². The predicted molar refractivity (Wildman–Crippen MR) is 107 cm³/mol. The van der Waals surface area contributed by atoms with Gasteiger partial charge < -0.3 is 25.4 Å². The lowest BCUT2D eigenvalue weighted by Crippen LogP contribution is -2.39. The Labute approximate surface area is 171 Å². The highest BCUT2D eigenvalue weighted by Gasteiger charge is 2.31. The lowest BCUT2D eigenvalue weighted by molar-refractivity contribution is -0.274. The summed E-state index contributed by atoms with van der Waals surface area (Å²) in [5.74, 6) is 0.166. The maximum Gasteiger partial charge on any atom is 0.573 e. The lowest BCUT2D eigenvalue weighted by Gasteiger charge is -2.16. The summed E-state index contributed by atoms with van der Waals surface area (Å²) in [5.41, 5.74) is 1.29. The highest BCUT2D eigenvalue weighted by Crippen LogP contribution is 2.24. The minimum atomic E-state index is -4.75. The number of ether oxygens (including phenoxy) is 1. The molecule has 0 amide bonds. The summed E-state index contributed by atoms with van der Waals surface area (Å²) in [5, 5.41) is 19.2. The maximum atomic E-state index is 12.2. The van der Waals surface area contributed by atoms with Crippen molar-refractivity contribution in [1.29, 1.82) is 0 Å². The number of alkyl halides is 3. The lowest BCUT2D eigenvalue weighted by atomic mass is 10.1. The molecule has 0 saturated heterocycles. The molecule has 11 heteroatoms. The molecule has 2 rings (SSSR count). The number of halogens is 3. The van der Waals surface area contributed by atoms with E-state index in [-0.39, 0.29) is 12.3 Å². The normalized spacial score (nSPS) is 13.1. The minimum absolute atomic E-state index is 0.130. The van der Waals surface area contributed by atoms with Gasteiger partial charge in [0.25, 0.3) is 0 Å². The van der Waals surface area contributed by atoms with Crippen LogP contribution >= 0.6 is 11.3 Å². The van der Waals surface area contributed by atoms with Crippen molar-refractivity contribution in [2.75, 3.05) is 32.1 Å². The summed E-state index contributed by atoms with van der Waals surface area (Å²) < 4.78 is 40.5. The number of nitrogens with one attached hydrogen (secondary N) is 2. The van der Waals surface area contributed by atoms with Gasteiger partial charge in [0, 0.05) is 32.6 Å². The molecular weight excluding hydrogens is 407 g/mol. The van der Waals surface area contributed by atoms with E-state index in [2.05, 4.69) is 25.3 Å². The van der Waals surface area contributed by atoms with Crippen LogP contribution < -0.4 is 20.3 Å². The molecule has 0 aliphatic heterocycles. The van der Waals surface area contributed by atoms with Crippen LogP contribution in [-0.4, -0.2) is 49.6 Å². The molecule has 3 N–H and O–H groups in total. The summed E-state index contributed by atoms with van der Waals surface area (Å²) in [4.78, 5) is 10.8. The highest BCUT2D eigenvalue weighted by molar-refractivity contribution is 7.13. The molecule has 1 unspecified atom stereocenters. The number of rotatable bonds is 8. The average Bonchev–Trinajstić information content (AvgIpc) is 3.12. The van der Waals surface area contributed by atoms with Gasteiger partial charge in [-0.1, -0.05) is 12.1 Å². The van der Waals surface area contributed by atoms with Gasteiger partial charge in [-0.3, -0.25) is 0 Å². The topological polar surface area (TPSA) is 82.0 Å². The molecule has 0 spiro atoms. The van der Waals surface area contributed by atoms with E-state index < -0.39 is 12.5 Å². The second kappa shape index (κ2) is 10.3. The van der Waals surface area contributed by atoms with Gasteiger partial charge in [-0.25, -0.2) is 9.98 Å². The number of hydrogen-bond donors (Lipinski definition) is 3. The summed E-state index contributed by atoms with van der Waals surface area (Å²) in [7, 11) is 3.83. The number of aliphatic hydroxyl groups excluding tert-OH is 1. The first-order chi connectivity index (χ1) is 13.7. The van der Waals surface area contributed by atoms with Crippen molar-refractivity contribution in [2.24, 2.45) is 4.99 Å². The Morgan fingerprint density at radius 3 is 2.52 bits per heavy atom. The molecule has 29 heavy (non-hydrogen) atoms. The molecule has 0 radical (unpaired) electrons. The van der Waals surface area contributed by atoms with E-state index in [1.54, 1.807) is 0 Å². The number of anilines is 1. The van der Waals surface area contributed by atoms with E-state index >= 15 is 0 Å². The van der Waals surface area contributed by atoms with Crippen molar-refractivity contribution in [1.82, 2.24) is 15.6 Å². The Bertz CT molecular complexity index is 794. The van der Waals surface area contributed by atoms with Gasteiger partial charge in [-0.05, 0) is 24.6 Å². The minimum Gasteiger partial charge on any atom is -0.406 e. The van der Waals surface area contributed by atoms with Crippen molar-refractivity contribution in [2.45, 2.75) is 25.9 Å². The van der Waals surface area contributed by atoms with E-state index in [0.29, 0.717) is 24.6 Å². The van der Waals surface area contributed by atoms with E-state index in [0.717, 1.165) is 23.0 Å². The summed E-state index contributed by atoms with van der Waals surface area (Å²) in [6.45, 7) is 3.05. The zero-order valence-corrected chi connectivity index (χ0v) is 17.1. The third-order valence-electron chi connectivity index (χ3n) is 3.63. The fraction of sp³-hybridized carbons (Fsp3) is 0.444. The summed E-state index contributed by atoms with van der Waals surface area (Å²) in [6, 6.07) is 5.09. The number of aliphatic imine (C=N–C) groups is 1. The van der Waals surface area contributed by atoms with Gasteiger partial charge in [-0.15, -0.1) is 24.5 Å². The van der Waals surface area contributed by atoms with Gasteiger partial charge in [0.15, 0.2) is 11.1 Å². The van der Waals surface area contributed by atoms with Gasteiger partial charge in [-0.2, -0.15) is 0 Å². The quantitative estimate of drug-likeness (QED) is 0.441. The molecule has 0 fully saturated rings. The van der Waals surface area contributed by atoms with Crippen LogP contribution in [0.25, 0.3) is 0 Å². The van der Waals surface area contributed by atoms with E-state index in [1.165, 1.54) is 23.5 Å². The Balaban J connectivity index is 1.92. The largest absolute Gasteiger partial charge is 0.573 e. The molecule has 7 nitrogen and oxygen atoms in total. The molecule has 0 bridgehead atoms. The van der Waals surface area contributed by atoms with Crippen LogP contribution in [0.3, 0.4) is 0 Å². The SMILES string of the molecule is CCNC(=NCc1csc(N(C)C)n1)NCC(O)c1ccc(OC(F)(F)F)cc1. The molecule has 1 heterocycles. The average molecular weight is 431 g/mol. The van der Waals surface area contributed by atoms with Crippen LogP contribution in [0.15, 0.2) is 34.6 Å². The van der Waals surface area contributed by atoms with E-state index in [9.17, 15) is 18.3 Å². The first kappa shape index (κ1) is 22.8. The molecule has 2 aromatic rings. The summed E-state index contributed by atoms with van der Waals surface area (Å²) >= 11 is 1.53. The number of guanidine groups is 1. The molecule has 1 aromatic heterocycles. The number of aromatic nitrogens is 1. The zero-order valence-electron chi connectivity index (χ0n) is 16.3. The third kappa shape index (κ3) is 7.78. The van der Waals surface area contributed by atoms with Crippen molar-refractivity contribution in [3.63, 3.8) is 0 Å². The third-order valence-corrected chi connectivity index (χ3v) is 4.68. The molecule has 1 atom stereocenters. The van der Waals surface area contributed by atoms with Gasteiger partial charge in [0.1, 0.15) is 5.75 Å². The van der Waals surface area contributed by atoms with Gasteiger partial charge in [0.2, 0.25) is 0 Å². The van der Waals surface area contributed by atoms with E-state index in [4.69, 9.17) is 0 Å². The van der Waals surface area contributed by atoms with Crippen LogP contribution in [0.2, 0.25) is 0 Å². The van der Waals surface area contributed by atoms with Crippen molar-refractivity contribution in [3.8, 4) is 5.75 Å². The van der Waals surface area contributed by atoms with Crippen LogP contribution in [-0.2, 0) is 6.54 Å². The first-order valence-corrected chi connectivity index (χ1v) is 9.73. The number of benzene rings is 1.